The van der Waals surface area contributed by atoms with Crippen molar-refractivity contribution in [2.24, 2.45) is 0 Å². The van der Waals surface area contributed by atoms with Crippen LogP contribution >= 0.6 is 0 Å². The van der Waals surface area contributed by atoms with Crippen molar-refractivity contribution in [1.29, 1.82) is 0 Å². The Labute approximate surface area is 141 Å². The molecular formula is C19H23FN2O2. The quantitative estimate of drug-likeness (QED) is 0.799. The third-order valence-corrected chi connectivity index (χ3v) is 4.23. The molecule has 1 aromatic heterocycles. The number of nitrogens with one attached hydrogen (secondary N) is 1. The van der Waals surface area contributed by atoms with E-state index in [1.807, 2.05) is 41.3 Å². The van der Waals surface area contributed by atoms with Crippen molar-refractivity contribution in [3.63, 3.8) is 0 Å². The van der Waals surface area contributed by atoms with Crippen LogP contribution < -0.4 is 10.2 Å². The fourth-order valence-corrected chi connectivity index (χ4v) is 2.88. The summed E-state index contributed by atoms with van der Waals surface area (Å²) in [7, 11) is 0. The Morgan fingerprint density at radius 2 is 2.12 bits per heavy atom. The molecule has 0 spiro atoms. The molecule has 2 N–H and O–H groups in total. The summed E-state index contributed by atoms with van der Waals surface area (Å²) in [6.07, 6.45) is 6.67. The van der Waals surface area contributed by atoms with Gasteiger partial charge in [-0.1, -0.05) is 12.1 Å². The van der Waals surface area contributed by atoms with Crippen molar-refractivity contribution in [3.05, 3.63) is 59.8 Å². The number of rotatable bonds is 6. The van der Waals surface area contributed by atoms with Gasteiger partial charge in [0.2, 0.25) is 0 Å². The summed E-state index contributed by atoms with van der Waals surface area (Å²) in [6, 6.07) is 9.11. The van der Waals surface area contributed by atoms with Crippen LogP contribution in [-0.4, -0.2) is 30.8 Å². The van der Waals surface area contributed by atoms with Gasteiger partial charge >= 0.3 is 0 Å². The normalized spacial score (nSPS) is 16.2. The van der Waals surface area contributed by atoms with Gasteiger partial charge in [-0.3, -0.25) is 0 Å². The van der Waals surface area contributed by atoms with Gasteiger partial charge in [-0.05, 0) is 48.7 Å². The molecule has 2 heterocycles. The second kappa shape index (κ2) is 8.13. The van der Waals surface area contributed by atoms with Crippen molar-refractivity contribution in [1.82, 2.24) is 5.32 Å². The monoisotopic (exact) mass is 330 g/mol. The van der Waals surface area contributed by atoms with Gasteiger partial charge < -0.3 is 19.7 Å². The van der Waals surface area contributed by atoms with E-state index in [1.54, 1.807) is 12.3 Å². The van der Waals surface area contributed by atoms with E-state index in [1.165, 1.54) is 0 Å². The maximum Gasteiger partial charge on any atom is 0.146 e. The van der Waals surface area contributed by atoms with Crippen molar-refractivity contribution in [2.75, 3.05) is 24.5 Å². The summed E-state index contributed by atoms with van der Waals surface area (Å²) in [5, 5.41) is 12.8. The lowest BCUT2D eigenvalue weighted by Gasteiger charge is -2.31. The summed E-state index contributed by atoms with van der Waals surface area (Å²) >= 11 is 0. The largest absolute Gasteiger partial charge is 0.465 e. The number of piperidine rings is 1. The van der Waals surface area contributed by atoms with Crippen LogP contribution in [0.15, 0.2) is 47.1 Å². The lowest BCUT2D eigenvalue weighted by molar-refractivity contribution is 0.145. The van der Waals surface area contributed by atoms with Gasteiger partial charge in [0.05, 0.1) is 18.1 Å². The molecule has 1 saturated heterocycles. The average Bonchev–Trinajstić information content (AvgIpc) is 3.09. The van der Waals surface area contributed by atoms with Crippen LogP contribution in [0.2, 0.25) is 0 Å². The van der Waals surface area contributed by atoms with Gasteiger partial charge in [0.15, 0.2) is 0 Å². The minimum absolute atomic E-state index is 0.197. The number of furan rings is 1. The van der Waals surface area contributed by atoms with E-state index in [9.17, 15) is 9.50 Å². The highest BCUT2D eigenvalue weighted by Gasteiger charge is 2.19. The maximum atomic E-state index is 14.3. The number of benzene rings is 1. The number of anilines is 1. The van der Waals surface area contributed by atoms with Gasteiger partial charge in [-0.15, -0.1) is 0 Å². The van der Waals surface area contributed by atoms with Gasteiger partial charge in [0.1, 0.15) is 11.6 Å². The van der Waals surface area contributed by atoms with Crippen LogP contribution in [0.1, 0.15) is 24.2 Å². The molecule has 128 valence electrons. The highest BCUT2D eigenvalue weighted by atomic mass is 19.1. The van der Waals surface area contributed by atoms with E-state index < -0.39 is 0 Å². The molecule has 4 nitrogen and oxygen atoms in total. The first kappa shape index (κ1) is 16.7. The van der Waals surface area contributed by atoms with E-state index in [2.05, 4.69) is 5.32 Å². The second-order valence-corrected chi connectivity index (χ2v) is 6.05. The van der Waals surface area contributed by atoms with E-state index in [4.69, 9.17) is 4.42 Å². The molecule has 0 saturated carbocycles. The Bertz CT molecular complexity index is 662. The summed E-state index contributed by atoms with van der Waals surface area (Å²) in [6.45, 7) is 2.70. The molecule has 1 fully saturated rings. The molecule has 1 aromatic carbocycles. The lowest BCUT2D eigenvalue weighted by atomic mass is 10.1. The SMILES string of the molecule is OC1CCN(c2ccc(CNC/C=C/c3ccco3)cc2F)CC1. The van der Waals surface area contributed by atoms with E-state index in [-0.39, 0.29) is 11.9 Å². The van der Waals surface area contributed by atoms with Gasteiger partial charge in [-0.25, -0.2) is 4.39 Å². The van der Waals surface area contributed by atoms with E-state index >= 15 is 0 Å². The molecule has 3 rings (SSSR count). The van der Waals surface area contributed by atoms with E-state index in [0.717, 1.165) is 11.3 Å². The number of halogens is 1. The molecule has 0 unspecified atom stereocenters. The van der Waals surface area contributed by atoms with Crippen LogP contribution in [0.4, 0.5) is 10.1 Å². The Kier molecular flexibility index (Phi) is 5.67. The Hall–Kier alpha value is -2.11. The second-order valence-electron chi connectivity index (χ2n) is 6.05. The Balaban J connectivity index is 1.49. The molecule has 0 radical (unpaired) electrons. The fraction of sp³-hybridized carbons (Fsp3) is 0.368. The van der Waals surface area contributed by atoms with Crippen molar-refractivity contribution in [3.8, 4) is 0 Å². The summed E-state index contributed by atoms with van der Waals surface area (Å²) in [4.78, 5) is 2.01. The smallest absolute Gasteiger partial charge is 0.146 e. The summed E-state index contributed by atoms with van der Waals surface area (Å²) < 4.78 is 19.5. The first-order valence-electron chi connectivity index (χ1n) is 8.34. The number of aliphatic hydroxyl groups is 1. The predicted octanol–water partition coefficient (Wildman–Crippen LogP) is 3.18. The molecule has 0 aliphatic carbocycles. The van der Waals surface area contributed by atoms with E-state index in [0.29, 0.717) is 44.7 Å². The molecule has 0 bridgehead atoms. The lowest BCUT2D eigenvalue weighted by Crippen LogP contribution is -2.36. The molecule has 0 amide bonds. The van der Waals surface area contributed by atoms with Crippen molar-refractivity contribution >= 4 is 11.8 Å². The molecule has 0 atom stereocenters. The van der Waals surface area contributed by atoms with Crippen molar-refractivity contribution in [2.45, 2.75) is 25.5 Å². The Morgan fingerprint density at radius 3 is 2.83 bits per heavy atom. The third-order valence-electron chi connectivity index (χ3n) is 4.23. The van der Waals surface area contributed by atoms with Crippen LogP contribution in [0, 0.1) is 5.82 Å². The van der Waals surface area contributed by atoms with Crippen LogP contribution in [0.3, 0.4) is 0 Å². The summed E-state index contributed by atoms with van der Waals surface area (Å²) in [5.74, 6) is 0.621. The fourth-order valence-electron chi connectivity index (χ4n) is 2.88. The number of nitrogens with zero attached hydrogens (tertiary/aromatic N) is 1. The molecule has 1 aliphatic rings. The van der Waals surface area contributed by atoms with Crippen LogP contribution in [0.25, 0.3) is 6.08 Å². The topological polar surface area (TPSA) is 48.6 Å². The summed E-state index contributed by atoms with van der Waals surface area (Å²) in [5.41, 5.74) is 1.54. The number of aliphatic hydroxyl groups excluding tert-OH is 1. The zero-order valence-electron chi connectivity index (χ0n) is 13.6. The zero-order chi connectivity index (χ0) is 16.8. The third kappa shape index (κ3) is 4.46. The maximum absolute atomic E-state index is 14.3. The Morgan fingerprint density at radius 1 is 1.29 bits per heavy atom. The minimum atomic E-state index is -0.248. The number of hydrogen-bond donors (Lipinski definition) is 2. The molecule has 1 aliphatic heterocycles. The highest BCUT2D eigenvalue weighted by molar-refractivity contribution is 5.49. The zero-order valence-corrected chi connectivity index (χ0v) is 13.6. The van der Waals surface area contributed by atoms with Crippen LogP contribution in [-0.2, 0) is 6.54 Å². The first-order valence-corrected chi connectivity index (χ1v) is 8.34. The minimum Gasteiger partial charge on any atom is -0.465 e. The molecular weight excluding hydrogens is 307 g/mol. The van der Waals surface area contributed by atoms with Crippen molar-refractivity contribution < 1.29 is 13.9 Å². The number of hydrogen-bond acceptors (Lipinski definition) is 4. The van der Waals surface area contributed by atoms with Gasteiger partial charge in [-0.2, -0.15) is 0 Å². The standard InChI is InChI=1S/C19H23FN2O2/c20-18-13-15(14-21-9-1-3-17-4-2-12-24-17)5-6-19(18)22-10-7-16(23)8-11-22/h1-6,12-13,16,21,23H,7-11,14H2/b3-1+. The predicted molar refractivity (Wildman–Crippen MR) is 93.3 cm³/mol. The molecule has 24 heavy (non-hydrogen) atoms. The van der Waals surface area contributed by atoms with Crippen LogP contribution in [0.5, 0.6) is 0 Å². The molecule has 2 aromatic rings. The first-order chi connectivity index (χ1) is 11.7. The molecule has 5 heteroatoms. The van der Waals surface area contributed by atoms with Gasteiger partial charge in [0, 0.05) is 26.2 Å². The average molecular weight is 330 g/mol. The highest BCUT2D eigenvalue weighted by Crippen LogP contribution is 2.24. The van der Waals surface area contributed by atoms with Gasteiger partial charge in [0.25, 0.3) is 0 Å².